The van der Waals surface area contributed by atoms with E-state index in [1.807, 2.05) is 54.6 Å². The third-order valence-electron chi connectivity index (χ3n) is 4.78. The lowest BCUT2D eigenvalue weighted by atomic mass is 9.98. The maximum absolute atomic E-state index is 13.2. The number of thioether (sulfide) groups is 1. The Morgan fingerprint density at radius 2 is 1.71 bits per heavy atom. The summed E-state index contributed by atoms with van der Waals surface area (Å²) in [6, 6.07) is 14.4. The summed E-state index contributed by atoms with van der Waals surface area (Å²) in [6.07, 6.45) is 0. The second kappa shape index (κ2) is 9.11. The summed E-state index contributed by atoms with van der Waals surface area (Å²) in [6.45, 7) is 5.02. The number of carboxylic acids is 1. The third-order valence-corrected chi connectivity index (χ3v) is 6.08. The van der Waals surface area contributed by atoms with Gasteiger partial charge >= 0.3 is 11.9 Å². The van der Waals surface area contributed by atoms with Gasteiger partial charge in [-0.25, -0.2) is 9.59 Å². The number of carboxylic acid groups (broad SMARTS) is 1. The van der Waals surface area contributed by atoms with Crippen molar-refractivity contribution in [1.82, 2.24) is 4.90 Å². The lowest BCUT2D eigenvalue weighted by Gasteiger charge is -2.31. The first kappa shape index (κ1) is 22.8. The van der Waals surface area contributed by atoms with Gasteiger partial charge in [0.1, 0.15) is 17.0 Å². The van der Waals surface area contributed by atoms with Crippen LogP contribution in [0.2, 0.25) is 0 Å². The molecule has 1 heterocycles. The highest BCUT2D eigenvalue weighted by Gasteiger charge is 2.46. The average molecular weight is 443 g/mol. The molecule has 1 fully saturated rings. The molecule has 0 bridgehead atoms. The van der Waals surface area contributed by atoms with Crippen LogP contribution >= 0.6 is 11.8 Å². The summed E-state index contributed by atoms with van der Waals surface area (Å²) in [4.78, 5) is 38.8. The molecule has 7 nitrogen and oxygen atoms in total. The van der Waals surface area contributed by atoms with Crippen LogP contribution in [0, 0.1) is 0 Å². The zero-order valence-corrected chi connectivity index (χ0v) is 18.5. The van der Waals surface area contributed by atoms with Crippen molar-refractivity contribution >= 4 is 29.6 Å². The predicted octanol–water partition coefficient (Wildman–Crippen LogP) is 3.05. The van der Waals surface area contributed by atoms with E-state index in [9.17, 15) is 19.5 Å². The number of benzene rings is 2. The second-order valence-electron chi connectivity index (χ2n) is 8.25. The number of nitrogens with zero attached hydrogens (tertiary/aromatic N) is 1. The maximum Gasteiger partial charge on any atom is 0.333 e. The van der Waals surface area contributed by atoms with Crippen molar-refractivity contribution in [2.75, 3.05) is 5.75 Å². The topological polar surface area (TPSA) is 110 Å². The fourth-order valence-electron chi connectivity index (χ4n) is 3.43. The highest BCUT2D eigenvalue weighted by molar-refractivity contribution is 7.99. The van der Waals surface area contributed by atoms with Crippen LogP contribution in [0.3, 0.4) is 0 Å². The van der Waals surface area contributed by atoms with Crippen molar-refractivity contribution in [3.05, 3.63) is 60.2 Å². The molecule has 1 unspecified atom stereocenters. The number of amides is 1. The molecule has 1 aliphatic heterocycles. The van der Waals surface area contributed by atoms with Gasteiger partial charge in [-0.05, 0) is 37.5 Å². The quantitative estimate of drug-likeness (QED) is 0.541. The fraction of sp³-hybridized carbons (Fsp3) is 0.348. The molecular weight excluding hydrogens is 416 g/mol. The van der Waals surface area contributed by atoms with Crippen LogP contribution in [0.15, 0.2) is 54.6 Å². The SMILES string of the molecule is CC(C)(C)OC(=O)C(N)C(=O)N1[C@@H](c2ccccc2-c2ccccc2)SC[C@H]1C(=O)O. The lowest BCUT2D eigenvalue weighted by molar-refractivity contribution is -0.162. The van der Waals surface area contributed by atoms with E-state index in [0.29, 0.717) is 0 Å². The monoisotopic (exact) mass is 442 g/mol. The van der Waals surface area contributed by atoms with Gasteiger partial charge in [0.15, 0.2) is 6.04 Å². The van der Waals surface area contributed by atoms with Gasteiger partial charge in [-0.15, -0.1) is 11.8 Å². The molecule has 1 saturated heterocycles. The molecule has 0 aliphatic carbocycles. The maximum atomic E-state index is 13.2. The number of aliphatic carboxylic acids is 1. The third kappa shape index (κ3) is 5.08. The molecule has 0 aromatic heterocycles. The Morgan fingerprint density at radius 3 is 2.32 bits per heavy atom. The van der Waals surface area contributed by atoms with Crippen molar-refractivity contribution in [2.24, 2.45) is 5.73 Å². The number of nitrogens with two attached hydrogens (primary N) is 1. The lowest BCUT2D eigenvalue weighted by Crippen LogP contribution is -2.54. The first-order valence-corrected chi connectivity index (χ1v) is 10.9. The number of ether oxygens (including phenoxy) is 1. The molecule has 8 heteroatoms. The van der Waals surface area contributed by atoms with E-state index in [1.165, 1.54) is 16.7 Å². The van der Waals surface area contributed by atoms with E-state index in [4.69, 9.17) is 10.5 Å². The minimum atomic E-state index is -1.61. The highest BCUT2D eigenvalue weighted by Crippen LogP contribution is 2.45. The second-order valence-corrected chi connectivity index (χ2v) is 9.36. The van der Waals surface area contributed by atoms with E-state index in [1.54, 1.807) is 20.8 Å². The van der Waals surface area contributed by atoms with Gasteiger partial charge in [0, 0.05) is 5.75 Å². The van der Waals surface area contributed by atoms with Crippen LogP contribution in [-0.2, 0) is 19.1 Å². The molecule has 0 radical (unpaired) electrons. The smallest absolute Gasteiger partial charge is 0.333 e. The van der Waals surface area contributed by atoms with Crippen LogP contribution < -0.4 is 5.73 Å². The van der Waals surface area contributed by atoms with Gasteiger partial charge in [-0.3, -0.25) is 4.79 Å². The van der Waals surface area contributed by atoms with Crippen LogP contribution in [0.5, 0.6) is 0 Å². The molecule has 3 rings (SSSR count). The van der Waals surface area contributed by atoms with E-state index in [0.717, 1.165) is 16.7 Å². The Labute approximate surface area is 185 Å². The van der Waals surface area contributed by atoms with Crippen molar-refractivity contribution < 1.29 is 24.2 Å². The largest absolute Gasteiger partial charge is 0.480 e. The van der Waals surface area contributed by atoms with Gasteiger partial charge in [0.05, 0.1) is 0 Å². The highest BCUT2D eigenvalue weighted by atomic mass is 32.2. The van der Waals surface area contributed by atoms with Gasteiger partial charge in [0.2, 0.25) is 0 Å². The van der Waals surface area contributed by atoms with Crippen LogP contribution in [0.1, 0.15) is 31.7 Å². The summed E-state index contributed by atoms with van der Waals surface area (Å²) in [5.41, 5.74) is 7.73. The van der Waals surface area contributed by atoms with E-state index < -0.39 is 40.9 Å². The summed E-state index contributed by atoms with van der Waals surface area (Å²) < 4.78 is 5.24. The van der Waals surface area contributed by atoms with E-state index >= 15 is 0 Å². The minimum Gasteiger partial charge on any atom is -0.480 e. The molecule has 0 spiro atoms. The molecule has 1 aliphatic rings. The first-order chi connectivity index (χ1) is 14.6. The molecule has 3 atom stereocenters. The van der Waals surface area contributed by atoms with Gasteiger partial charge in [-0.2, -0.15) is 0 Å². The molecule has 1 amide bonds. The van der Waals surface area contributed by atoms with Crippen LogP contribution in [0.4, 0.5) is 0 Å². The summed E-state index contributed by atoms with van der Waals surface area (Å²) in [7, 11) is 0. The average Bonchev–Trinajstić information content (AvgIpc) is 3.17. The van der Waals surface area contributed by atoms with Crippen molar-refractivity contribution in [1.29, 1.82) is 0 Å². The Hall–Kier alpha value is -2.84. The van der Waals surface area contributed by atoms with Gasteiger partial charge in [0.25, 0.3) is 5.91 Å². The number of carbonyl (C=O) groups excluding carboxylic acids is 2. The van der Waals surface area contributed by atoms with Crippen LogP contribution in [-0.4, -0.2) is 51.3 Å². The number of hydrogen-bond acceptors (Lipinski definition) is 6. The normalized spacial score (nSPS) is 19.7. The summed E-state index contributed by atoms with van der Waals surface area (Å²) >= 11 is 1.34. The van der Waals surface area contributed by atoms with Crippen LogP contribution in [0.25, 0.3) is 11.1 Å². The molecular formula is C23H26N2O5S. The van der Waals surface area contributed by atoms with E-state index in [-0.39, 0.29) is 5.75 Å². The standard InChI is InChI=1S/C23H26N2O5S/c1-23(2,3)30-22(29)18(24)19(26)25-17(21(27)28)13-31-20(25)16-12-8-7-11-15(16)14-9-5-4-6-10-14/h4-12,17-18,20H,13,24H2,1-3H3,(H,27,28)/t17-,18?,20+/m0/s1. The fourth-order valence-corrected chi connectivity index (χ4v) is 4.89. The molecule has 31 heavy (non-hydrogen) atoms. The molecule has 0 saturated carbocycles. The number of rotatable bonds is 5. The zero-order chi connectivity index (χ0) is 22.8. The Kier molecular flexibility index (Phi) is 6.71. The number of carbonyl (C=O) groups is 3. The minimum absolute atomic E-state index is 0.190. The molecule has 2 aromatic carbocycles. The molecule has 2 aromatic rings. The summed E-state index contributed by atoms with van der Waals surface area (Å²) in [5.74, 6) is -2.60. The zero-order valence-electron chi connectivity index (χ0n) is 17.6. The van der Waals surface area contributed by atoms with Crippen molar-refractivity contribution in [3.63, 3.8) is 0 Å². The Balaban J connectivity index is 1.99. The Bertz CT molecular complexity index is 973. The number of hydrogen-bond donors (Lipinski definition) is 2. The number of esters is 1. The van der Waals surface area contributed by atoms with Crippen molar-refractivity contribution in [3.8, 4) is 11.1 Å². The predicted molar refractivity (Wildman–Crippen MR) is 119 cm³/mol. The molecule has 3 N–H and O–H groups in total. The van der Waals surface area contributed by atoms with Gasteiger partial charge in [-0.1, -0.05) is 54.6 Å². The molecule has 164 valence electrons. The Morgan fingerprint density at radius 1 is 1.10 bits per heavy atom. The van der Waals surface area contributed by atoms with Crippen molar-refractivity contribution in [2.45, 2.75) is 43.8 Å². The van der Waals surface area contributed by atoms with E-state index in [2.05, 4.69) is 0 Å². The first-order valence-electron chi connectivity index (χ1n) is 9.89. The summed E-state index contributed by atoms with van der Waals surface area (Å²) in [5, 5.41) is 9.13. The van der Waals surface area contributed by atoms with Gasteiger partial charge < -0.3 is 20.5 Å².